The monoisotopic (exact) mass is 398 g/mol. The quantitative estimate of drug-likeness (QED) is 0.659. The predicted molar refractivity (Wildman–Crippen MR) is 108 cm³/mol. The van der Waals surface area contributed by atoms with Crippen molar-refractivity contribution in [3.8, 4) is 16.3 Å². The van der Waals surface area contributed by atoms with Gasteiger partial charge in [0, 0.05) is 41.6 Å². The number of rotatable bonds is 6. The summed E-state index contributed by atoms with van der Waals surface area (Å²) in [6.07, 6.45) is 1.83. The van der Waals surface area contributed by atoms with Crippen LogP contribution in [0.5, 0.6) is 5.75 Å². The van der Waals surface area contributed by atoms with Gasteiger partial charge in [-0.05, 0) is 18.6 Å². The maximum atomic E-state index is 12.5. The Balaban J connectivity index is 1.68. The number of benzene rings is 1. The first-order chi connectivity index (χ1) is 13.3. The third-order valence-corrected chi connectivity index (χ3v) is 5.18. The van der Waals surface area contributed by atoms with Crippen LogP contribution in [0.25, 0.3) is 10.6 Å². The van der Waals surface area contributed by atoms with Gasteiger partial charge in [0.25, 0.3) is 0 Å². The second-order valence-electron chi connectivity index (χ2n) is 7.27. The van der Waals surface area contributed by atoms with Crippen molar-refractivity contribution in [1.29, 1.82) is 0 Å². The fraction of sp³-hybridized carbons (Fsp3) is 0.286. The molecule has 1 aromatic carbocycles. The number of thiazole rings is 1. The smallest absolute Gasteiger partial charge is 0.227 e. The number of aryl methyl sites for hydroxylation is 1. The van der Waals surface area contributed by atoms with Crippen LogP contribution >= 0.6 is 11.3 Å². The summed E-state index contributed by atoms with van der Waals surface area (Å²) in [7, 11) is 0. The maximum absolute atomic E-state index is 12.5. The van der Waals surface area contributed by atoms with Crippen LogP contribution in [-0.4, -0.2) is 16.0 Å². The van der Waals surface area contributed by atoms with E-state index in [4.69, 9.17) is 4.42 Å². The van der Waals surface area contributed by atoms with Crippen molar-refractivity contribution in [2.75, 3.05) is 0 Å². The number of carbonyl (C=O) groups is 1. The highest BCUT2D eigenvalue weighted by atomic mass is 32.1. The molecule has 0 radical (unpaired) electrons. The third kappa shape index (κ3) is 4.48. The lowest BCUT2D eigenvalue weighted by atomic mass is 9.85. The molecule has 2 aromatic heterocycles. The lowest BCUT2D eigenvalue weighted by molar-refractivity contribution is -0.122. The third-order valence-electron chi connectivity index (χ3n) is 4.36. The number of hydrogen-bond acceptors (Lipinski definition) is 6. The first-order valence-electron chi connectivity index (χ1n) is 8.86. The zero-order chi connectivity index (χ0) is 20.3. The average molecular weight is 398 g/mol. The molecule has 3 rings (SSSR count). The van der Waals surface area contributed by atoms with Gasteiger partial charge in [0.2, 0.25) is 17.1 Å². The molecule has 2 heterocycles. The fourth-order valence-corrected chi connectivity index (χ4v) is 3.62. The zero-order valence-corrected chi connectivity index (χ0v) is 16.8. The standard InChI is InChI=1S/C21H22N2O4S/c1-13-9-16(24)18(26)19(27-13)21(2,3)11-17(25)23-12-14-5-4-6-15(10-14)20-22-7-8-28-20/h4-10,26H,11-12H2,1-3H3,(H,23,25). The molecule has 3 aromatic rings. The van der Waals surface area contributed by atoms with Gasteiger partial charge < -0.3 is 14.8 Å². The van der Waals surface area contributed by atoms with E-state index in [1.165, 1.54) is 6.07 Å². The van der Waals surface area contributed by atoms with Gasteiger partial charge in [0.15, 0.2) is 5.76 Å². The molecular formula is C21H22N2O4S. The molecule has 146 valence electrons. The molecule has 0 aliphatic rings. The Morgan fingerprint density at radius 2 is 2.11 bits per heavy atom. The van der Waals surface area contributed by atoms with Gasteiger partial charge in [-0.25, -0.2) is 4.98 Å². The van der Waals surface area contributed by atoms with E-state index in [0.717, 1.165) is 16.1 Å². The minimum atomic E-state index is -0.831. The van der Waals surface area contributed by atoms with Crippen LogP contribution in [0.1, 0.15) is 37.4 Å². The van der Waals surface area contributed by atoms with Crippen molar-refractivity contribution in [3.05, 3.63) is 69.2 Å². The van der Waals surface area contributed by atoms with Crippen LogP contribution in [0.4, 0.5) is 0 Å². The molecular weight excluding hydrogens is 376 g/mol. The minimum Gasteiger partial charge on any atom is -0.502 e. The van der Waals surface area contributed by atoms with Crippen molar-refractivity contribution in [2.45, 2.75) is 39.2 Å². The Labute approximate surface area is 166 Å². The molecule has 6 nitrogen and oxygen atoms in total. The molecule has 2 N–H and O–H groups in total. The Hall–Kier alpha value is -2.93. The van der Waals surface area contributed by atoms with Gasteiger partial charge in [-0.2, -0.15) is 0 Å². The van der Waals surface area contributed by atoms with Crippen LogP contribution in [0.15, 0.2) is 51.1 Å². The summed E-state index contributed by atoms with van der Waals surface area (Å²) in [5.41, 5.74) is 0.630. The topological polar surface area (TPSA) is 92.4 Å². The molecule has 1 amide bonds. The van der Waals surface area contributed by atoms with E-state index in [0.29, 0.717) is 12.3 Å². The number of aromatic hydroxyl groups is 1. The van der Waals surface area contributed by atoms with Crippen LogP contribution < -0.4 is 10.7 Å². The van der Waals surface area contributed by atoms with Crippen molar-refractivity contribution < 1.29 is 14.3 Å². The Kier molecular flexibility index (Phi) is 5.65. The van der Waals surface area contributed by atoms with E-state index in [1.807, 2.05) is 29.6 Å². The first-order valence-corrected chi connectivity index (χ1v) is 9.74. The number of carbonyl (C=O) groups excluding carboxylic acids is 1. The molecule has 0 bridgehead atoms. The van der Waals surface area contributed by atoms with Crippen LogP contribution in [0.3, 0.4) is 0 Å². The van der Waals surface area contributed by atoms with Gasteiger partial charge in [-0.1, -0.05) is 32.0 Å². The summed E-state index contributed by atoms with van der Waals surface area (Å²) in [5, 5.41) is 15.8. The van der Waals surface area contributed by atoms with Gasteiger partial charge in [-0.15, -0.1) is 11.3 Å². The lowest BCUT2D eigenvalue weighted by Gasteiger charge is -2.23. The van der Waals surface area contributed by atoms with Crippen LogP contribution in [-0.2, 0) is 16.8 Å². The largest absolute Gasteiger partial charge is 0.502 e. The molecule has 0 aliphatic heterocycles. The number of nitrogens with zero attached hydrogens (tertiary/aromatic N) is 1. The molecule has 0 saturated carbocycles. The van der Waals surface area contributed by atoms with Gasteiger partial charge in [0.1, 0.15) is 10.8 Å². The molecule has 0 saturated heterocycles. The summed E-state index contributed by atoms with van der Waals surface area (Å²) in [5.74, 6) is -0.128. The zero-order valence-electron chi connectivity index (χ0n) is 16.0. The van der Waals surface area contributed by atoms with E-state index in [-0.39, 0.29) is 18.1 Å². The Morgan fingerprint density at radius 3 is 2.82 bits per heavy atom. The van der Waals surface area contributed by atoms with Crippen molar-refractivity contribution >= 4 is 17.2 Å². The highest BCUT2D eigenvalue weighted by molar-refractivity contribution is 7.13. The summed E-state index contributed by atoms with van der Waals surface area (Å²) < 4.78 is 5.54. The molecule has 0 atom stereocenters. The maximum Gasteiger partial charge on any atom is 0.227 e. The van der Waals surface area contributed by atoms with E-state index < -0.39 is 16.6 Å². The van der Waals surface area contributed by atoms with Crippen molar-refractivity contribution in [1.82, 2.24) is 10.3 Å². The summed E-state index contributed by atoms with van der Waals surface area (Å²) in [6.45, 7) is 5.52. The summed E-state index contributed by atoms with van der Waals surface area (Å²) in [6, 6.07) is 9.07. The second kappa shape index (κ2) is 7.98. The minimum absolute atomic E-state index is 0.0686. The summed E-state index contributed by atoms with van der Waals surface area (Å²) >= 11 is 1.56. The van der Waals surface area contributed by atoms with Crippen molar-refractivity contribution in [2.24, 2.45) is 0 Å². The average Bonchev–Trinajstić information content (AvgIpc) is 3.17. The first kappa shape index (κ1) is 19.8. The molecule has 28 heavy (non-hydrogen) atoms. The molecule has 7 heteroatoms. The van der Waals surface area contributed by atoms with E-state index in [1.54, 1.807) is 38.3 Å². The molecule has 0 fully saturated rings. The Bertz CT molecular complexity index is 1040. The van der Waals surface area contributed by atoms with Crippen molar-refractivity contribution in [3.63, 3.8) is 0 Å². The SMILES string of the molecule is Cc1cc(=O)c(O)c(C(C)(C)CC(=O)NCc2cccc(-c3nccs3)c2)o1. The number of hydrogen-bond donors (Lipinski definition) is 2. The van der Waals surface area contributed by atoms with Crippen LogP contribution in [0.2, 0.25) is 0 Å². The Morgan fingerprint density at radius 1 is 1.32 bits per heavy atom. The van der Waals surface area contributed by atoms with Gasteiger partial charge in [-0.3, -0.25) is 9.59 Å². The van der Waals surface area contributed by atoms with Gasteiger partial charge in [0.05, 0.1) is 0 Å². The second-order valence-corrected chi connectivity index (χ2v) is 8.17. The van der Waals surface area contributed by atoms with E-state index in [9.17, 15) is 14.7 Å². The van der Waals surface area contributed by atoms with E-state index in [2.05, 4.69) is 10.3 Å². The normalized spacial score (nSPS) is 11.4. The lowest BCUT2D eigenvalue weighted by Crippen LogP contribution is -2.31. The molecule has 0 spiro atoms. The van der Waals surface area contributed by atoms with E-state index >= 15 is 0 Å². The van der Waals surface area contributed by atoms with Gasteiger partial charge >= 0.3 is 0 Å². The number of nitrogens with one attached hydrogen (secondary N) is 1. The predicted octanol–water partition coefficient (Wildman–Crippen LogP) is 3.76. The molecule has 0 unspecified atom stereocenters. The summed E-state index contributed by atoms with van der Waals surface area (Å²) in [4.78, 5) is 28.6. The fourth-order valence-electron chi connectivity index (χ4n) is 2.99. The highest BCUT2D eigenvalue weighted by Crippen LogP contribution is 2.32. The number of aromatic nitrogens is 1. The highest BCUT2D eigenvalue weighted by Gasteiger charge is 2.31. The molecule has 0 aliphatic carbocycles. The van der Waals surface area contributed by atoms with Crippen LogP contribution in [0, 0.1) is 6.92 Å². The number of amides is 1.